The van der Waals surface area contributed by atoms with Crippen LogP contribution in [-0.4, -0.2) is 13.0 Å². The number of hydrogen-bond donors (Lipinski definition) is 2. The zero-order chi connectivity index (χ0) is 15.6. The van der Waals surface area contributed by atoms with E-state index in [1.165, 1.54) is 25.2 Å². The molecular weight excluding hydrogens is 321 g/mol. The lowest BCUT2D eigenvalue weighted by Gasteiger charge is -2.09. The third kappa shape index (κ3) is 3.43. The smallest absolute Gasteiger partial charge is 0.255 e. The monoisotopic (exact) mass is 330 g/mol. The molecule has 2 N–H and O–H groups in total. The van der Waals surface area contributed by atoms with Crippen LogP contribution in [-0.2, 0) is 0 Å². The Morgan fingerprint density at radius 3 is 2.19 bits per heavy atom. The topological polar surface area (TPSA) is 41.1 Å². The molecule has 110 valence electrons. The summed E-state index contributed by atoms with van der Waals surface area (Å²) in [6.07, 6.45) is 0. The highest BCUT2D eigenvalue weighted by Crippen LogP contribution is 2.26. The molecule has 0 saturated carbocycles. The summed E-state index contributed by atoms with van der Waals surface area (Å²) in [6, 6.07) is 6.37. The molecule has 0 bridgehead atoms. The van der Waals surface area contributed by atoms with Crippen LogP contribution in [0.2, 0.25) is 10.0 Å². The van der Waals surface area contributed by atoms with Gasteiger partial charge in [0.1, 0.15) is 17.3 Å². The zero-order valence-corrected chi connectivity index (χ0v) is 12.3. The van der Waals surface area contributed by atoms with E-state index in [9.17, 15) is 13.6 Å². The van der Waals surface area contributed by atoms with E-state index < -0.39 is 17.5 Å². The van der Waals surface area contributed by atoms with Crippen LogP contribution in [0.5, 0.6) is 0 Å². The van der Waals surface area contributed by atoms with Gasteiger partial charge < -0.3 is 10.6 Å². The maximum absolute atomic E-state index is 13.6. The normalized spacial score (nSPS) is 10.3. The average molecular weight is 331 g/mol. The predicted molar refractivity (Wildman–Crippen MR) is 80.3 cm³/mol. The Hall–Kier alpha value is -1.85. The Balaban J connectivity index is 2.26. The van der Waals surface area contributed by atoms with Gasteiger partial charge in [0.25, 0.3) is 5.91 Å². The third-order valence-corrected chi connectivity index (χ3v) is 3.47. The van der Waals surface area contributed by atoms with Crippen LogP contribution in [0.3, 0.4) is 0 Å². The lowest BCUT2D eigenvalue weighted by molar-refractivity contribution is 0.102. The molecule has 0 aliphatic rings. The summed E-state index contributed by atoms with van der Waals surface area (Å²) >= 11 is 11.6. The Kier molecular flexibility index (Phi) is 4.65. The van der Waals surface area contributed by atoms with Crippen molar-refractivity contribution in [2.75, 3.05) is 17.7 Å². The summed E-state index contributed by atoms with van der Waals surface area (Å²) in [5.41, 5.74) is -0.0657. The summed E-state index contributed by atoms with van der Waals surface area (Å²) in [5.74, 6) is -2.36. The summed E-state index contributed by atoms with van der Waals surface area (Å²) < 4.78 is 27.2. The third-order valence-electron chi connectivity index (χ3n) is 2.73. The fourth-order valence-corrected chi connectivity index (χ4v) is 2.02. The second-order valence-electron chi connectivity index (χ2n) is 4.15. The van der Waals surface area contributed by atoms with Gasteiger partial charge in [0, 0.05) is 18.3 Å². The van der Waals surface area contributed by atoms with Crippen LogP contribution < -0.4 is 10.6 Å². The second kappa shape index (κ2) is 6.28. The first-order valence-electron chi connectivity index (χ1n) is 5.85. The fraction of sp³-hybridized carbons (Fsp3) is 0.0714. The average Bonchev–Trinajstić information content (AvgIpc) is 2.42. The van der Waals surface area contributed by atoms with Crippen molar-refractivity contribution in [2.45, 2.75) is 0 Å². The first kappa shape index (κ1) is 15.5. The minimum absolute atomic E-state index is 0.143. The van der Waals surface area contributed by atoms with Gasteiger partial charge in [0.15, 0.2) is 0 Å². The van der Waals surface area contributed by atoms with E-state index in [4.69, 9.17) is 23.2 Å². The van der Waals surface area contributed by atoms with E-state index in [1.54, 1.807) is 0 Å². The van der Waals surface area contributed by atoms with Gasteiger partial charge in [0.2, 0.25) is 0 Å². The summed E-state index contributed by atoms with van der Waals surface area (Å²) in [4.78, 5) is 12.0. The number of rotatable bonds is 3. The first-order valence-corrected chi connectivity index (χ1v) is 6.61. The van der Waals surface area contributed by atoms with Crippen LogP contribution in [0.4, 0.5) is 20.2 Å². The van der Waals surface area contributed by atoms with E-state index in [2.05, 4.69) is 10.6 Å². The highest BCUT2D eigenvalue weighted by atomic mass is 35.5. The van der Waals surface area contributed by atoms with Crippen molar-refractivity contribution in [3.8, 4) is 0 Å². The minimum Gasteiger partial charge on any atom is -0.383 e. The molecule has 7 heteroatoms. The van der Waals surface area contributed by atoms with Gasteiger partial charge in [-0.25, -0.2) is 8.78 Å². The summed E-state index contributed by atoms with van der Waals surface area (Å²) in [5, 5.41) is 5.46. The Labute approximate surface area is 129 Å². The second-order valence-corrected chi connectivity index (χ2v) is 4.96. The molecule has 2 aromatic carbocycles. The molecule has 0 atom stereocenters. The molecule has 1 amide bonds. The number of hydrogen-bond acceptors (Lipinski definition) is 2. The summed E-state index contributed by atoms with van der Waals surface area (Å²) in [7, 11) is 1.39. The fourth-order valence-electron chi connectivity index (χ4n) is 1.72. The molecule has 0 aliphatic carbocycles. The number of anilines is 2. The number of nitrogens with one attached hydrogen (secondary N) is 2. The number of carbonyl (C=O) groups excluding carboxylic acids is 1. The molecule has 0 radical (unpaired) electrons. The van der Waals surface area contributed by atoms with Gasteiger partial charge in [-0.3, -0.25) is 4.79 Å². The molecular formula is C14H10Cl2F2N2O. The standard InChI is InChI=1S/C14H10Cl2F2N2O/c1-19-13-11(17)4-7(5-12(13)18)14(21)20-8-2-3-9(15)10(16)6-8/h2-6,19H,1H3,(H,20,21). The summed E-state index contributed by atoms with van der Waals surface area (Å²) in [6.45, 7) is 0. The molecule has 0 heterocycles. The molecule has 3 nitrogen and oxygen atoms in total. The van der Waals surface area contributed by atoms with Gasteiger partial charge in [0.05, 0.1) is 10.0 Å². The van der Waals surface area contributed by atoms with E-state index in [0.29, 0.717) is 10.7 Å². The molecule has 0 spiro atoms. The number of halogens is 4. The Bertz CT molecular complexity index is 684. The van der Waals surface area contributed by atoms with Crippen molar-refractivity contribution in [1.29, 1.82) is 0 Å². The highest BCUT2D eigenvalue weighted by Gasteiger charge is 2.14. The molecule has 0 aliphatic heterocycles. The van der Waals surface area contributed by atoms with Gasteiger partial charge in [-0.05, 0) is 30.3 Å². The molecule has 0 aromatic heterocycles. The predicted octanol–water partition coefficient (Wildman–Crippen LogP) is 4.57. The highest BCUT2D eigenvalue weighted by molar-refractivity contribution is 6.42. The van der Waals surface area contributed by atoms with E-state index in [-0.39, 0.29) is 16.3 Å². The van der Waals surface area contributed by atoms with Crippen LogP contribution in [0.1, 0.15) is 10.4 Å². The van der Waals surface area contributed by atoms with Gasteiger partial charge in [-0.15, -0.1) is 0 Å². The SMILES string of the molecule is CNc1c(F)cc(C(=O)Nc2ccc(Cl)c(Cl)c2)cc1F. The zero-order valence-electron chi connectivity index (χ0n) is 10.8. The van der Waals surface area contributed by atoms with Crippen molar-refractivity contribution in [2.24, 2.45) is 0 Å². The Morgan fingerprint density at radius 1 is 1.05 bits per heavy atom. The minimum atomic E-state index is -0.850. The van der Waals surface area contributed by atoms with Gasteiger partial charge in [-0.1, -0.05) is 23.2 Å². The van der Waals surface area contributed by atoms with E-state index in [0.717, 1.165) is 12.1 Å². The maximum Gasteiger partial charge on any atom is 0.255 e. The van der Waals surface area contributed by atoms with Gasteiger partial charge >= 0.3 is 0 Å². The van der Waals surface area contributed by atoms with E-state index in [1.807, 2.05) is 0 Å². The van der Waals surface area contributed by atoms with E-state index >= 15 is 0 Å². The molecule has 0 saturated heterocycles. The van der Waals surface area contributed by atoms with Crippen molar-refractivity contribution in [1.82, 2.24) is 0 Å². The number of amides is 1. The van der Waals surface area contributed by atoms with Crippen molar-refractivity contribution < 1.29 is 13.6 Å². The Morgan fingerprint density at radius 2 is 1.67 bits per heavy atom. The van der Waals surface area contributed by atoms with Crippen LogP contribution in [0.25, 0.3) is 0 Å². The lowest BCUT2D eigenvalue weighted by atomic mass is 10.1. The maximum atomic E-state index is 13.6. The van der Waals surface area contributed by atoms with Crippen LogP contribution in [0.15, 0.2) is 30.3 Å². The van der Waals surface area contributed by atoms with Crippen LogP contribution in [0, 0.1) is 11.6 Å². The molecule has 21 heavy (non-hydrogen) atoms. The molecule has 2 aromatic rings. The molecule has 0 fully saturated rings. The van der Waals surface area contributed by atoms with Crippen molar-refractivity contribution in [3.63, 3.8) is 0 Å². The largest absolute Gasteiger partial charge is 0.383 e. The van der Waals surface area contributed by atoms with Crippen molar-refractivity contribution in [3.05, 3.63) is 57.6 Å². The number of carbonyl (C=O) groups is 1. The number of benzene rings is 2. The quantitative estimate of drug-likeness (QED) is 0.865. The first-order chi connectivity index (χ1) is 9.92. The molecule has 0 unspecified atom stereocenters. The van der Waals surface area contributed by atoms with Crippen molar-refractivity contribution >= 4 is 40.5 Å². The molecule has 2 rings (SSSR count). The van der Waals surface area contributed by atoms with Crippen LogP contribution >= 0.6 is 23.2 Å². The van der Waals surface area contributed by atoms with Gasteiger partial charge in [-0.2, -0.15) is 0 Å². The lowest BCUT2D eigenvalue weighted by Crippen LogP contribution is -2.13.